The Hall–Kier alpha value is -4.16. The number of carboxylic acid groups (broad SMARTS) is 1. The number of hydrogen-bond donors (Lipinski definition) is 4. The highest BCUT2D eigenvalue weighted by molar-refractivity contribution is 6.37. The number of anilines is 2. The van der Waals surface area contributed by atoms with Crippen LogP contribution in [0.5, 0.6) is 5.75 Å². The standard InChI is InChI=1S/C24H22Cl2N4O8/c1-12(32)29-9-17(28-23(37)13-6-15(25)22(36)16(26)7-13)24(38)30(19-5-3-2-4-18(19)29)10-20(33)27-14(11-31)8-21(34)35/h2-7,11,14,17,36H,8-10H2,1H3,(H,27,33)(H,28,37)(H,34,35)/t14-,17-/m0/s1. The van der Waals surface area contributed by atoms with Gasteiger partial charge in [0.05, 0.1) is 40.4 Å². The highest BCUT2D eigenvalue weighted by atomic mass is 35.5. The number of fused-ring (bicyclic) bond motifs is 1. The first-order valence-corrected chi connectivity index (χ1v) is 11.8. The number of phenolic OH excluding ortho intramolecular Hbond substituents is 1. The molecule has 200 valence electrons. The minimum Gasteiger partial charge on any atom is -0.505 e. The molecular formula is C24H22Cl2N4O8. The predicted octanol–water partition coefficient (Wildman–Crippen LogP) is 1.36. The molecule has 0 radical (unpaired) electrons. The van der Waals surface area contributed by atoms with Crippen molar-refractivity contribution in [2.75, 3.05) is 22.9 Å². The highest BCUT2D eigenvalue weighted by Gasteiger charge is 2.37. The zero-order chi connectivity index (χ0) is 28.1. The largest absolute Gasteiger partial charge is 0.505 e. The van der Waals surface area contributed by atoms with Gasteiger partial charge in [0.15, 0.2) is 5.75 Å². The van der Waals surface area contributed by atoms with E-state index in [2.05, 4.69) is 10.6 Å². The van der Waals surface area contributed by atoms with Gasteiger partial charge in [-0.25, -0.2) is 0 Å². The van der Waals surface area contributed by atoms with Gasteiger partial charge in [0.2, 0.25) is 11.8 Å². The first-order chi connectivity index (χ1) is 17.9. The van der Waals surface area contributed by atoms with E-state index in [1.165, 1.54) is 17.9 Å². The van der Waals surface area contributed by atoms with Gasteiger partial charge in [0.25, 0.3) is 11.8 Å². The fourth-order valence-electron chi connectivity index (χ4n) is 3.81. The van der Waals surface area contributed by atoms with Crippen LogP contribution in [0.4, 0.5) is 11.4 Å². The molecule has 1 aliphatic heterocycles. The molecule has 0 bridgehead atoms. The van der Waals surface area contributed by atoms with Crippen molar-refractivity contribution < 1.29 is 39.0 Å². The summed E-state index contributed by atoms with van der Waals surface area (Å²) in [7, 11) is 0. The number of halogens is 2. The molecule has 14 heteroatoms. The summed E-state index contributed by atoms with van der Waals surface area (Å²) >= 11 is 11.8. The van der Waals surface area contributed by atoms with Gasteiger partial charge < -0.3 is 30.5 Å². The van der Waals surface area contributed by atoms with Gasteiger partial charge in [0.1, 0.15) is 18.9 Å². The Balaban J connectivity index is 1.96. The lowest BCUT2D eigenvalue weighted by Crippen LogP contribution is -2.54. The number of nitrogens with zero attached hydrogens (tertiary/aromatic N) is 2. The van der Waals surface area contributed by atoms with E-state index in [1.807, 2.05) is 0 Å². The van der Waals surface area contributed by atoms with E-state index < -0.39 is 60.4 Å². The normalized spacial score (nSPS) is 15.7. The molecule has 1 aliphatic rings. The fourth-order valence-corrected chi connectivity index (χ4v) is 4.30. The number of carbonyl (C=O) groups is 6. The van der Waals surface area contributed by atoms with Crippen LogP contribution in [-0.4, -0.2) is 71.3 Å². The number of phenols is 1. The number of carbonyl (C=O) groups excluding carboxylic acids is 5. The van der Waals surface area contributed by atoms with Crippen LogP contribution in [0, 0.1) is 0 Å². The number of amides is 4. The lowest BCUT2D eigenvalue weighted by molar-refractivity contribution is -0.139. The second-order valence-electron chi connectivity index (χ2n) is 8.27. The SMILES string of the molecule is CC(=O)N1C[C@H](NC(=O)c2cc(Cl)c(O)c(Cl)c2)C(=O)N(CC(=O)N[C@H](C=O)CC(=O)O)c2ccccc21. The lowest BCUT2D eigenvalue weighted by Gasteiger charge is -2.25. The van der Waals surface area contributed by atoms with Gasteiger partial charge in [0, 0.05) is 12.5 Å². The third-order valence-electron chi connectivity index (χ3n) is 5.56. The number of benzene rings is 2. The van der Waals surface area contributed by atoms with Gasteiger partial charge >= 0.3 is 5.97 Å². The Labute approximate surface area is 226 Å². The molecule has 1 heterocycles. The predicted molar refractivity (Wildman–Crippen MR) is 136 cm³/mol. The molecule has 3 rings (SSSR count). The zero-order valence-electron chi connectivity index (χ0n) is 19.8. The molecular weight excluding hydrogens is 543 g/mol. The third-order valence-corrected chi connectivity index (χ3v) is 6.14. The van der Waals surface area contributed by atoms with E-state index in [0.717, 1.165) is 17.0 Å². The summed E-state index contributed by atoms with van der Waals surface area (Å²) < 4.78 is 0. The fraction of sp³-hybridized carbons (Fsp3) is 0.250. The van der Waals surface area contributed by atoms with Gasteiger partial charge in [-0.1, -0.05) is 35.3 Å². The summed E-state index contributed by atoms with van der Waals surface area (Å²) in [6, 6.07) is 5.85. The maximum atomic E-state index is 13.6. The Kier molecular flexibility index (Phi) is 8.92. The smallest absolute Gasteiger partial charge is 0.305 e. The molecule has 0 unspecified atom stereocenters. The summed E-state index contributed by atoms with van der Waals surface area (Å²) in [6.45, 7) is 0.335. The van der Waals surface area contributed by atoms with Crippen molar-refractivity contribution in [3.63, 3.8) is 0 Å². The van der Waals surface area contributed by atoms with Crippen LogP contribution < -0.4 is 20.4 Å². The van der Waals surface area contributed by atoms with Crippen LogP contribution in [0.15, 0.2) is 36.4 Å². The van der Waals surface area contributed by atoms with E-state index in [0.29, 0.717) is 0 Å². The monoisotopic (exact) mass is 564 g/mol. The second kappa shape index (κ2) is 11.9. The van der Waals surface area contributed by atoms with Crippen molar-refractivity contribution in [3.05, 3.63) is 52.0 Å². The molecule has 4 amide bonds. The Morgan fingerprint density at radius 2 is 1.74 bits per heavy atom. The van der Waals surface area contributed by atoms with Crippen molar-refractivity contribution >= 4 is 70.5 Å². The number of nitrogens with one attached hydrogen (secondary N) is 2. The highest BCUT2D eigenvalue weighted by Crippen LogP contribution is 2.34. The summed E-state index contributed by atoms with van der Waals surface area (Å²) in [6.07, 6.45) is -0.396. The first-order valence-electron chi connectivity index (χ1n) is 11.1. The van der Waals surface area contributed by atoms with Crippen molar-refractivity contribution in [1.82, 2.24) is 10.6 Å². The van der Waals surface area contributed by atoms with E-state index in [9.17, 15) is 33.9 Å². The van der Waals surface area contributed by atoms with Gasteiger partial charge in [-0.05, 0) is 24.3 Å². The van der Waals surface area contributed by atoms with Crippen LogP contribution >= 0.6 is 23.2 Å². The quantitative estimate of drug-likeness (QED) is 0.347. The van der Waals surface area contributed by atoms with E-state index >= 15 is 0 Å². The van der Waals surface area contributed by atoms with Crippen LogP contribution in [-0.2, 0) is 24.0 Å². The van der Waals surface area contributed by atoms with E-state index in [1.54, 1.807) is 18.2 Å². The Morgan fingerprint density at radius 3 is 2.29 bits per heavy atom. The van der Waals surface area contributed by atoms with Crippen LogP contribution in [0.2, 0.25) is 10.0 Å². The molecule has 0 aliphatic carbocycles. The van der Waals surface area contributed by atoms with Crippen molar-refractivity contribution in [1.29, 1.82) is 0 Å². The second-order valence-corrected chi connectivity index (χ2v) is 9.08. The van der Waals surface area contributed by atoms with Gasteiger partial charge in [-0.15, -0.1) is 0 Å². The molecule has 38 heavy (non-hydrogen) atoms. The summed E-state index contributed by atoms with van der Waals surface area (Å²) in [4.78, 5) is 76.3. The molecule has 0 spiro atoms. The van der Waals surface area contributed by atoms with Crippen molar-refractivity contribution in [2.24, 2.45) is 0 Å². The average Bonchev–Trinajstić information content (AvgIpc) is 2.96. The molecule has 4 N–H and O–H groups in total. The minimum atomic E-state index is -1.35. The molecule has 0 saturated carbocycles. The number of aliphatic carboxylic acids is 1. The zero-order valence-corrected chi connectivity index (χ0v) is 21.3. The molecule has 2 aromatic rings. The number of rotatable bonds is 8. The van der Waals surface area contributed by atoms with Gasteiger partial charge in [-0.3, -0.25) is 28.9 Å². The number of para-hydroxylation sites is 2. The number of carboxylic acids is 1. The first kappa shape index (κ1) is 28.4. The Morgan fingerprint density at radius 1 is 1.13 bits per heavy atom. The Bertz CT molecular complexity index is 1300. The molecule has 0 fully saturated rings. The number of hydrogen-bond acceptors (Lipinski definition) is 7. The maximum Gasteiger partial charge on any atom is 0.305 e. The summed E-state index contributed by atoms with van der Waals surface area (Å²) in [5.41, 5.74) is 0.385. The molecule has 12 nitrogen and oxygen atoms in total. The average molecular weight is 565 g/mol. The molecule has 0 saturated heterocycles. The van der Waals surface area contributed by atoms with Crippen LogP contribution in [0.1, 0.15) is 23.7 Å². The van der Waals surface area contributed by atoms with E-state index in [-0.39, 0.29) is 39.8 Å². The number of aldehydes is 1. The van der Waals surface area contributed by atoms with Gasteiger partial charge in [-0.2, -0.15) is 0 Å². The van der Waals surface area contributed by atoms with Crippen LogP contribution in [0.25, 0.3) is 0 Å². The maximum absolute atomic E-state index is 13.6. The molecule has 2 atom stereocenters. The van der Waals surface area contributed by atoms with Crippen molar-refractivity contribution in [3.8, 4) is 5.75 Å². The topological polar surface area (TPSA) is 173 Å². The number of aromatic hydroxyl groups is 1. The molecule has 0 aromatic heterocycles. The summed E-state index contributed by atoms with van der Waals surface area (Å²) in [5, 5.41) is 23.0. The minimum absolute atomic E-state index is 0.0754. The summed E-state index contributed by atoms with van der Waals surface area (Å²) in [5.74, 6) is -4.59. The molecule has 2 aromatic carbocycles. The lowest BCUT2D eigenvalue weighted by atomic mass is 10.1. The van der Waals surface area contributed by atoms with E-state index in [4.69, 9.17) is 28.3 Å². The van der Waals surface area contributed by atoms with Crippen LogP contribution in [0.3, 0.4) is 0 Å². The van der Waals surface area contributed by atoms with Crippen molar-refractivity contribution in [2.45, 2.75) is 25.4 Å². The third kappa shape index (κ3) is 6.39.